The lowest BCUT2D eigenvalue weighted by Crippen LogP contribution is -2.03. The molecule has 1 aliphatic rings. The molecule has 0 bridgehead atoms. The van der Waals surface area contributed by atoms with Gasteiger partial charge in [-0.25, -0.2) is 0 Å². The number of nitrogens with one attached hydrogen (secondary N) is 2. The van der Waals surface area contributed by atoms with Crippen molar-refractivity contribution in [1.29, 1.82) is 0 Å². The maximum atomic E-state index is 12.4. The molecule has 3 nitrogen and oxygen atoms in total. The van der Waals surface area contributed by atoms with E-state index in [1.807, 2.05) is 79.0 Å². The first-order valence-corrected chi connectivity index (χ1v) is 8.32. The summed E-state index contributed by atoms with van der Waals surface area (Å²) in [7, 11) is 0. The molecule has 25 heavy (non-hydrogen) atoms. The molecule has 1 aliphatic heterocycles. The van der Waals surface area contributed by atoms with Crippen LogP contribution in [0, 0.1) is 0 Å². The normalized spacial score (nSPS) is 14.9. The number of hydrogen-bond donors (Lipinski definition) is 2. The second kappa shape index (κ2) is 6.46. The topological polar surface area (TPSA) is 44.9 Å². The van der Waals surface area contributed by atoms with Gasteiger partial charge in [0.05, 0.1) is 5.57 Å². The van der Waals surface area contributed by atoms with E-state index in [9.17, 15) is 4.79 Å². The fraction of sp³-hybridized carbons (Fsp3) is 0. The van der Waals surface area contributed by atoms with Crippen LogP contribution in [-0.4, -0.2) is 10.9 Å². The lowest BCUT2D eigenvalue weighted by molar-refractivity contribution is -0.110. The van der Waals surface area contributed by atoms with Gasteiger partial charge in [-0.3, -0.25) is 4.79 Å². The zero-order chi connectivity index (χ0) is 17.2. The largest absolute Gasteiger partial charge is 0.362 e. The van der Waals surface area contributed by atoms with Crippen molar-refractivity contribution < 1.29 is 4.79 Å². The number of carbonyl (C=O) groups is 1. The third-order valence-corrected chi connectivity index (χ3v) is 4.47. The van der Waals surface area contributed by atoms with Crippen molar-refractivity contribution >= 4 is 47.0 Å². The number of carbonyl (C=O) groups excluding carboxylic acids is 1. The summed E-state index contributed by atoms with van der Waals surface area (Å²) in [5.74, 6) is -0.0943. The number of hydrogen-bond acceptors (Lipinski definition) is 1. The van der Waals surface area contributed by atoms with Gasteiger partial charge in [0.25, 0.3) is 5.91 Å². The average Bonchev–Trinajstić information content (AvgIpc) is 3.23. The predicted octanol–water partition coefficient (Wildman–Crippen LogP) is 5.33. The van der Waals surface area contributed by atoms with Crippen LogP contribution in [0.4, 0.5) is 5.69 Å². The van der Waals surface area contributed by atoms with Crippen molar-refractivity contribution in [3.63, 3.8) is 0 Å². The number of fused-ring (bicyclic) bond motifs is 1. The van der Waals surface area contributed by atoms with Gasteiger partial charge in [0.1, 0.15) is 0 Å². The van der Waals surface area contributed by atoms with Crippen LogP contribution in [0.5, 0.6) is 0 Å². The van der Waals surface area contributed by atoms with Crippen molar-refractivity contribution in [3.8, 4) is 0 Å². The quantitative estimate of drug-likeness (QED) is 0.488. The van der Waals surface area contributed by atoms with Gasteiger partial charge in [-0.1, -0.05) is 54.1 Å². The van der Waals surface area contributed by atoms with Gasteiger partial charge < -0.3 is 10.3 Å². The van der Waals surface area contributed by atoms with E-state index in [0.717, 1.165) is 28.1 Å². The van der Waals surface area contributed by atoms with Gasteiger partial charge in [0.2, 0.25) is 0 Å². The summed E-state index contributed by atoms with van der Waals surface area (Å²) >= 11 is 6.22. The summed E-state index contributed by atoms with van der Waals surface area (Å²) in [6, 6.07) is 17.3. The maximum Gasteiger partial charge on any atom is 0.256 e. The molecule has 1 aromatic heterocycles. The van der Waals surface area contributed by atoms with Gasteiger partial charge in [-0.2, -0.15) is 0 Å². The zero-order valence-electron chi connectivity index (χ0n) is 13.3. The van der Waals surface area contributed by atoms with E-state index < -0.39 is 0 Å². The molecule has 2 heterocycles. The Balaban J connectivity index is 1.78. The first-order chi connectivity index (χ1) is 12.2. The van der Waals surface area contributed by atoms with Crippen molar-refractivity contribution in [2.24, 2.45) is 0 Å². The van der Waals surface area contributed by atoms with Crippen LogP contribution in [0.1, 0.15) is 22.4 Å². The molecule has 0 saturated heterocycles. The summed E-state index contributed by atoms with van der Waals surface area (Å²) in [6.07, 6.45) is 7.66. The van der Waals surface area contributed by atoms with Gasteiger partial charge in [-0.15, -0.1) is 0 Å². The lowest BCUT2D eigenvalue weighted by atomic mass is 9.98. The molecule has 4 heteroatoms. The summed E-state index contributed by atoms with van der Waals surface area (Å²) in [5, 5.41) is 3.63. The molecular formula is C21H15ClN2O. The molecule has 0 atom stereocenters. The monoisotopic (exact) mass is 346 g/mol. The van der Waals surface area contributed by atoms with E-state index in [-0.39, 0.29) is 5.91 Å². The maximum absolute atomic E-state index is 12.4. The Labute approximate surface area is 150 Å². The van der Waals surface area contributed by atoms with Crippen LogP contribution in [0.25, 0.3) is 23.8 Å². The third-order valence-electron chi connectivity index (χ3n) is 4.13. The number of amides is 1. The van der Waals surface area contributed by atoms with Crippen LogP contribution in [-0.2, 0) is 4.79 Å². The van der Waals surface area contributed by atoms with Crippen LogP contribution >= 0.6 is 11.6 Å². The molecule has 4 rings (SSSR count). The van der Waals surface area contributed by atoms with E-state index in [1.165, 1.54) is 0 Å². The number of anilines is 1. The minimum Gasteiger partial charge on any atom is -0.362 e. The summed E-state index contributed by atoms with van der Waals surface area (Å²) in [4.78, 5) is 15.5. The molecule has 0 aliphatic carbocycles. The standard InChI is InChI=1S/C21H15ClN2O/c22-18-8-2-1-5-14(18)10-11-15-6-3-9-19-20(15)17(21(25)24-19)13-16-7-4-12-23-16/h1-13,23H,(H,24,25)/b11-10+,17-13-. The minimum atomic E-state index is -0.0943. The van der Waals surface area contributed by atoms with E-state index in [0.29, 0.717) is 10.6 Å². The number of aromatic amines is 1. The highest BCUT2D eigenvalue weighted by molar-refractivity contribution is 6.35. The molecular weight excluding hydrogens is 332 g/mol. The zero-order valence-corrected chi connectivity index (χ0v) is 14.0. The Morgan fingerprint density at radius 3 is 2.48 bits per heavy atom. The SMILES string of the molecule is O=C1Nc2cccc(/C=C/c3ccccc3Cl)c2/C1=C/c1ccc[nH]1. The Bertz CT molecular complexity index is 1000. The summed E-state index contributed by atoms with van der Waals surface area (Å²) < 4.78 is 0. The number of aromatic nitrogens is 1. The smallest absolute Gasteiger partial charge is 0.256 e. The van der Waals surface area contributed by atoms with Crippen LogP contribution in [0.2, 0.25) is 5.02 Å². The minimum absolute atomic E-state index is 0.0943. The number of H-pyrrole nitrogens is 1. The Hall–Kier alpha value is -3.04. The predicted molar refractivity (Wildman–Crippen MR) is 104 cm³/mol. The highest BCUT2D eigenvalue weighted by Gasteiger charge is 2.26. The molecule has 0 saturated carbocycles. The van der Waals surface area contributed by atoms with Crippen LogP contribution in [0.15, 0.2) is 60.8 Å². The molecule has 2 aromatic carbocycles. The first-order valence-electron chi connectivity index (χ1n) is 7.95. The highest BCUT2D eigenvalue weighted by atomic mass is 35.5. The molecule has 0 unspecified atom stereocenters. The second-order valence-corrected chi connectivity index (χ2v) is 6.17. The molecule has 2 N–H and O–H groups in total. The summed E-state index contributed by atoms with van der Waals surface area (Å²) in [6.45, 7) is 0. The van der Waals surface area contributed by atoms with Crippen LogP contribution in [0.3, 0.4) is 0 Å². The Morgan fingerprint density at radius 2 is 1.68 bits per heavy atom. The molecule has 3 aromatic rings. The van der Waals surface area contributed by atoms with Gasteiger partial charge in [-0.05, 0) is 41.5 Å². The number of benzene rings is 2. The van der Waals surface area contributed by atoms with E-state index in [1.54, 1.807) is 0 Å². The van der Waals surface area contributed by atoms with E-state index >= 15 is 0 Å². The fourth-order valence-electron chi connectivity index (χ4n) is 2.93. The van der Waals surface area contributed by atoms with Crippen LogP contribution < -0.4 is 5.32 Å². The number of halogens is 1. The molecule has 0 radical (unpaired) electrons. The summed E-state index contributed by atoms with van der Waals surface area (Å²) in [5.41, 5.74) is 5.18. The van der Waals surface area contributed by atoms with Gasteiger partial charge in [0.15, 0.2) is 0 Å². The first kappa shape index (κ1) is 15.5. The van der Waals surface area contributed by atoms with Crippen molar-refractivity contribution in [2.75, 3.05) is 5.32 Å². The van der Waals surface area contributed by atoms with Crippen molar-refractivity contribution in [2.45, 2.75) is 0 Å². The molecule has 0 fully saturated rings. The van der Waals surface area contributed by atoms with E-state index in [4.69, 9.17) is 11.6 Å². The molecule has 0 spiro atoms. The van der Waals surface area contributed by atoms with E-state index in [2.05, 4.69) is 10.3 Å². The third kappa shape index (κ3) is 3.02. The van der Waals surface area contributed by atoms with Gasteiger partial charge >= 0.3 is 0 Å². The molecule has 1 amide bonds. The Kier molecular flexibility index (Phi) is 4.00. The Morgan fingerprint density at radius 1 is 0.880 bits per heavy atom. The lowest BCUT2D eigenvalue weighted by Gasteiger charge is -2.04. The van der Waals surface area contributed by atoms with Gasteiger partial charge in [0, 0.05) is 28.2 Å². The number of rotatable bonds is 3. The second-order valence-electron chi connectivity index (χ2n) is 5.76. The molecule has 122 valence electrons. The average molecular weight is 347 g/mol. The fourth-order valence-corrected chi connectivity index (χ4v) is 3.13. The highest BCUT2D eigenvalue weighted by Crippen LogP contribution is 2.36. The van der Waals surface area contributed by atoms with Crippen molar-refractivity contribution in [1.82, 2.24) is 4.98 Å². The van der Waals surface area contributed by atoms with Crippen molar-refractivity contribution in [3.05, 3.63) is 88.2 Å².